The van der Waals surface area contributed by atoms with Gasteiger partial charge in [0.15, 0.2) is 0 Å². The highest BCUT2D eigenvalue weighted by molar-refractivity contribution is 7.89. The second-order valence-corrected chi connectivity index (χ2v) is 8.71. The smallest absolute Gasteiger partial charge is 0.244 e. The second-order valence-electron chi connectivity index (χ2n) is 6.77. The highest BCUT2D eigenvalue weighted by Crippen LogP contribution is 2.23. The standard InChI is InChI=1S/C18H29N3O3S/c1-3-4-5-7-15(2)20-18(22)16-9-12-21(13-10-16)25(23,24)17-8-6-11-19-14-17/h6,8,11,14-16H,3-5,7,9-10,12-13H2,1-2H3,(H,20,22). The van der Waals surface area contributed by atoms with Crippen molar-refractivity contribution >= 4 is 15.9 Å². The van der Waals surface area contributed by atoms with Crippen LogP contribution in [-0.2, 0) is 14.8 Å². The molecule has 2 heterocycles. The van der Waals surface area contributed by atoms with E-state index in [-0.39, 0.29) is 22.8 Å². The fourth-order valence-electron chi connectivity index (χ4n) is 3.14. The number of pyridine rings is 1. The van der Waals surface area contributed by atoms with Crippen molar-refractivity contribution < 1.29 is 13.2 Å². The third-order valence-electron chi connectivity index (χ3n) is 4.73. The van der Waals surface area contributed by atoms with E-state index in [4.69, 9.17) is 0 Å². The molecule has 1 aromatic rings. The molecular weight excluding hydrogens is 338 g/mol. The summed E-state index contributed by atoms with van der Waals surface area (Å²) in [5, 5.41) is 3.08. The monoisotopic (exact) mass is 367 g/mol. The average molecular weight is 368 g/mol. The summed E-state index contributed by atoms with van der Waals surface area (Å²) < 4.78 is 26.6. The summed E-state index contributed by atoms with van der Waals surface area (Å²) in [7, 11) is -3.51. The van der Waals surface area contributed by atoms with Gasteiger partial charge in [0.1, 0.15) is 4.90 Å². The predicted octanol–water partition coefficient (Wildman–Crippen LogP) is 2.57. The van der Waals surface area contributed by atoms with Gasteiger partial charge in [-0.15, -0.1) is 0 Å². The van der Waals surface area contributed by atoms with E-state index in [1.165, 1.54) is 23.3 Å². The van der Waals surface area contributed by atoms with Crippen molar-refractivity contribution in [3.63, 3.8) is 0 Å². The van der Waals surface area contributed by atoms with Gasteiger partial charge in [-0.25, -0.2) is 8.42 Å². The van der Waals surface area contributed by atoms with Gasteiger partial charge in [-0.2, -0.15) is 4.31 Å². The molecule has 1 N–H and O–H groups in total. The Balaban J connectivity index is 1.84. The largest absolute Gasteiger partial charge is 0.353 e. The number of rotatable bonds is 8. The molecule has 0 radical (unpaired) electrons. The Kier molecular flexibility index (Phi) is 7.38. The van der Waals surface area contributed by atoms with Gasteiger partial charge in [0.2, 0.25) is 15.9 Å². The molecule has 1 aliphatic heterocycles. The van der Waals surface area contributed by atoms with Crippen molar-refractivity contribution in [1.82, 2.24) is 14.6 Å². The fourth-order valence-corrected chi connectivity index (χ4v) is 4.57. The minimum Gasteiger partial charge on any atom is -0.353 e. The summed E-state index contributed by atoms with van der Waals surface area (Å²) in [6.07, 6.45) is 8.52. The molecule has 0 bridgehead atoms. The maximum Gasteiger partial charge on any atom is 0.244 e. The van der Waals surface area contributed by atoms with E-state index in [0.29, 0.717) is 25.9 Å². The first-order chi connectivity index (χ1) is 11.9. The zero-order valence-corrected chi connectivity index (χ0v) is 16.0. The first kappa shape index (κ1) is 19.8. The van der Waals surface area contributed by atoms with E-state index in [1.54, 1.807) is 18.3 Å². The van der Waals surface area contributed by atoms with E-state index >= 15 is 0 Å². The quantitative estimate of drug-likeness (QED) is 0.716. The molecule has 1 saturated heterocycles. The number of amides is 1. The van der Waals surface area contributed by atoms with Gasteiger partial charge in [-0.1, -0.05) is 26.2 Å². The maximum absolute atomic E-state index is 12.6. The summed E-state index contributed by atoms with van der Waals surface area (Å²) in [6, 6.07) is 3.35. The Hall–Kier alpha value is -1.47. The van der Waals surface area contributed by atoms with E-state index in [9.17, 15) is 13.2 Å². The molecule has 25 heavy (non-hydrogen) atoms. The lowest BCUT2D eigenvalue weighted by Gasteiger charge is -2.31. The van der Waals surface area contributed by atoms with Gasteiger partial charge in [0, 0.05) is 37.4 Å². The zero-order valence-electron chi connectivity index (χ0n) is 15.1. The Labute approximate surface area is 151 Å². The maximum atomic E-state index is 12.6. The number of piperidine rings is 1. The van der Waals surface area contributed by atoms with Crippen LogP contribution in [0.3, 0.4) is 0 Å². The Morgan fingerprint density at radius 1 is 1.36 bits per heavy atom. The predicted molar refractivity (Wildman–Crippen MR) is 97.5 cm³/mol. The highest BCUT2D eigenvalue weighted by Gasteiger charge is 2.32. The molecule has 0 aliphatic carbocycles. The molecule has 6 nitrogen and oxygen atoms in total. The van der Waals surface area contributed by atoms with E-state index < -0.39 is 10.0 Å². The molecule has 2 rings (SSSR count). The SMILES string of the molecule is CCCCCC(C)NC(=O)C1CCN(S(=O)(=O)c2cccnc2)CC1. The van der Waals surface area contributed by atoms with Crippen LogP contribution in [0.2, 0.25) is 0 Å². The number of aromatic nitrogens is 1. The number of sulfonamides is 1. The molecule has 1 unspecified atom stereocenters. The molecule has 0 spiro atoms. The van der Waals surface area contributed by atoms with Crippen LogP contribution in [0.5, 0.6) is 0 Å². The molecule has 1 aromatic heterocycles. The third-order valence-corrected chi connectivity index (χ3v) is 6.61. The van der Waals surface area contributed by atoms with Crippen LogP contribution >= 0.6 is 0 Å². The van der Waals surface area contributed by atoms with Crippen molar-refractivity contribution in [3.05, 3.63) is 24.5 Å². The molecule has 1 amide bonds. The van der Waals surface area contributed by atoms with Gasteiger partial charge in [-0.05, 0) is 38.3 Å². The minimum atomic E-state index is -3.51. The third kappa shape index (κ3) is 5.51. The normalized spacial score (nSPS) is 18.0. The van der Waals surface area contributed by atoms with Gasteiger partial charge in [0.05, 0.1) is 0 Å². The summed E-state index contributed by atoms with van der Waals surface area (Å²) >= 11 is 0. The summed E-state index contributed by atoms with van der Waals surface area (Å²) in [5.74, 6) is -0.0450. The van der Waals surface area contributed by atoms with E-state index in [1.807, 2.05) is 6.92 Å². The lowest BCUT2D eigenvalue weighted by atomic mass is 9.96. The van der Waals surface area contributed by atoms with Crippen LogP contribution in [0.15, 0.2) is 29.4 Å². The Bertz CT molecular complexity index is 641. The molecule has 0 aromatic carbocycles. The van der Waals surface area contributed by atoms with Gasteiger partial charge >= 0.3 is 0 Å². The first-order valence-electron chi connectivity index (χ1n) is 9.15. The number of nitrogens with zero attached hydrogens (tertiary/aromatic N) is 2. The van der Waals surface area contributed by atoms with Crippen molar-refractivity contribution in [2.45, 2.75) is 63.3 Å². The lowest BCUT2D eigenvalue weighted by molar-refractivity contribution is -0.126. The van der Waals surface area contributed by atoms with Crippen LogP contribution in [0, 0.1) is 5.92 Å². The van der Waals surface area contributed by atoms with Crippen LogP contribution in [0.1, 0.15) is 52.4 Å². The molecule has 1 aliphatic rings. The average Bonchev–Trinajstić information content (AvgIpc) is 2.62. The summed E-state index contributed by atoms with van der Waals surface area (Å²) in [4.78, 5) is 16.5. The molecule has 0 saturated carbocycles. The zero-order chi connectivity index (χ0) is 18.3. The van der Waals surface area contributed by atoms with E-state index in [0.717, 1.165) is 12.8 Å². The summed E-state index contributed by atoms with van der Waals surface area (Å²) in [5.41, 5.74) is 0. The van der Waals surface area contributed by atoms with Gasteiger partial charge in [0.25, 0.3) is 0 Å². The number of hydrogen-bond acceptors (Lipinski definition) is 4. The molecule has 1 atom stereocenters. The number of carbonyl (C=O) groups excluding carboxylic acids is 1. The van der Waals surface area contributed by atoms with Crippen molar-refractivity contribution in [1.29, 1.82) is 0 Å². The van der Waals surface area contributed by atoms with Crippen molar-refractivity contribution in [2.75, 3.05) is 13.1 Å². The molecule has 140 valence electrons. The number of carbonyl (C=O) groups is 1. The highest BCUT2D eigenvalue weighted by atomic mass is 32.2. The number of hydrogen-bond donors (Lipinski definition) is 1. The second kappa shape index (κ2) is 9.29. The van der Waals surface area contributed by atoms with E-state index in [2.05, 4.69) is 17.2 Å². The van der Waals surface area contributed by atoms with Crippen LogP contribution < -0.4 is 5.32 Å². The van der Waals surface area contributed by atoms with Crippen LogP contribution in [-0.4, -0.2) is 42.7 Å². The topological polar surface area (TPSA) is 79.4 Å². The number of unbranched alkanes of at least 4 members (excludes halogenated alkanes) is 2. The first-order valence-corrected chi connectivity index (χ1v) is 10.6. The van der Waals surface area contributed by atoms with Crippen molar-refractivity contribution in [2.24, 2.45) is 5.92 Å². The molecule has 1 fully saturated rings. The Morgan fingerprint density at radius 3 is 2.68 bits per heavy atom. The number of nitrogens with one attached hydrogen (secondary N) is 1. The van der Waals surface area contributed by atoms with Crippen molar-refractivity contribution in [3.8, 4) is 0 Å². The van der Waals surface area contributed by atoms with Gasteiger partial charge < -0.3 is 5.32 Å². The fraction of sp³-hybridized carbons (Fsp3) is 0.667. The molecule has 7 heteroatoms. The summed E-state index contributed by atoms with van der Waals surface area (Å²) in [6.45, 7) is 4.95. The van der Waals surface area contributed by atoms with Gasteiger partial charge in [-0.3, -0.25) is 9.78 Å². The van der Waals surface area contributed by atoms with Crippen LogP contribution in [0.4, 0.5) is 0 Å². The lowest BCUT2D eigenvalue weighted by Crippen LogP contribution is -2.44. The van der Waals surface area contributed by atoms with Crippen LogP contribution in [0.25, 0.3) is 0 Å². The Morgan fingerprint density at radius 2 is 2.08 bits per heavy atom. The molecular formula is C18H29N3O3S. The minimum absolute atomic E-state index is 0.0578.